The summed E-state index contributed by atoms with van der Waals surface area (Å²) in [6.45, 7) is 0. The van der Waals surface area contributed by atoms with Crippen molar-refractivity contribution in [3.63, 3.8) is 0 Å². The van der Waals surface area contributed by atoms with Crippen molar-refractivity contribution in [2.75, 3.05) is 0 Å². The summed E-state index contributed by atoms with van der Waals surface area (Å²) in [5, 5.41) is 0. The number of carbonyl (C=O) groups is 1. The van der Waals surface area contributed by atoms with E-state index in [-0.39, 0.29) is 0 Å². The highest BCUT2D eigenvalue weighted by molar-refractivity contribution is 5.85. The van der Waals surface area contributed by atoms with Gasteiger partial charge in [0.1, 0.15) is 7.05 Å². The molecule has 15 heavy (non-hydrogen) atoms. The molecule has 0 saturated carbocycles. The maximum absolute atomic E-state index is 10.9. The summed E-state index contributed by atoms with van der Waals surface area (Å²) in [4.78, 5) is 10.9. The standard InChI is InChI=1S/C13H12NO/c1-14-9-5-4-8-13(14)12-7-3-2-6-11(12)10-15/h2-10H,1H3/q+1. The summed E-state index contributed by atoms with van der Waals surface area (Å²) < 4.78 is 2.00. The van der Waals surface area contributed by atoms with Gasteiger partial charge in [-0.2, -0.15) is 0 Å². The Morgan fingerprint density at radius 3 is 2.53 bits per heavy atom. The van der Waals surface area contributed by atoms with Gasteiger partial charge in [-0.05, 0) is 12.1 Å². The maximum Gasteiger partial charge on any atom is 0.212 e. The van der Waals surface area contributed by atoms with E-state index in [0.717, 1.165) is 23.1 Å². The van der Waals surface area contributed by atoms with Gasteiger partial charge in [-0.15, -0.1) is 0 Å². The predicted molar refractivity (Wildman–Crippen MR) is 58.4 cm³/mol. The molecule has 0 aliphatic carbocycles. The third-order valence-electron chi connectivity index (χ3n) is 2.42. The van der Waals surface area contributed by atoms with E-state index < -0.39 is 0 Å². The Morgan fingerprint density at radius 1 is 1.07 bits per heavy atom. The third-order valence-corrected chi connectivity index (χ3v) is 2.42. The van der Waals surface area contributed by atoms with Crippen LogP contribution in [0.2, 0.25) is 0 Å². The molecule has 0 aliphatic heterocycles. The zero-order valence-electron chi connectivity index (χ0n) is 8.55. The fraction of sp³-hybridized carbons (Fsp3) is 0.0769. The van der Waals surface area contributed by atoms with Crippen molar-refractivity contribution in [1.29, 1.82) is 0 Å². The number of hydrogen-bond acceptors (Lipinski definition) is 1. The van der Waals surface area contributed by atoms with E-state index in [1.807, 2.05) is 60.3 Å². The van der Waals surface area contributed by atoms with E-state index in [1.54, 1.807) is 0 Å². The van der Waals surface area contributed by atoms with Crippen molar-refractivity contribution < 1.29 is 9.36 Å². The summed E-state index contributed by atoms with van der Waals surface area (Å²) in [7, 11) is 1.97. The van der Waals surface area contributed by atoms with E-state index >= 15 is 0 Å². The molecule has 0 bridgehead atoms. The zero-order valence-corrected chi connectivity index (χ0v) is 8.55. The first-order valence-electron chi connectivity index (χ1n) is 4.82. The lowest BCUT2D eigenvalue weighted by Crippen LogP contribution is -2.30. The van der Waals surface area contributed by atoms with Gasteiger partial charge < -0.3 is 0 Å². The molecular weight excluding hydrogens is 186 g/mol. The second kappa shape index (κ2) is 4.05. The molecule has 2 heteroatoms. The quantitative estimate of drug-likeness (QED) is 0.534. The average Bonchev–Trinajstić information content (AvgIpc) is 2.30. The summed E-state index contributed by atoms with van der Waals surface area (Å²) in [6.07, 6.45) is 2.86. The molecule has 0 N–H and O–H groups in total. The lowest BCUT2D eigenvalue weighted by molar-refractivity contribution is -0.660. The molecule has 2 rings (SSSR count). The number of aromatic nitrogens is 1. The molecular formula is C13H12NO+. The van der Waals surface area contributed by atoms with Gasteiger partial charge in [-0.3, -0.25) is 4.79 Å². The lowest BCUT2D eigenvalue weighted by Gasteiger charge is -2.01. The first-order valence-corrected chi connectivity index (χ1v) is 4.82. The Bertz CT molecular complexity index is 491. The Kier molecular flexibility index (Phi) is 2.59. The normalized spacial score (nSPS) is 9.93. The number of carbonyl (C=O) groups excluding carboxylic acids is 1. The van der Waals surface area contributed by atoms with Crippen LogP contribution >= 0.6 is 0 Å². The Hall–Kier alpha value is -1.96. The van der Waals surface area contributed by atoms with Crippen LogP contribution in [0.25, 0.3) is 11.3 Å². The highest BCUT2D eigenvalue weighted by atomic mass is 16.1. The van der Waals surface area contributed by atoms with Gasteiger partial charge in [0.05, 0.1) is 5.56 Å². The van der Waals surface area contributed by atoms with Crippen LogP contribution in [0.15, 0.2) is 48.7 Å². The highest BCUT2D eigenvalue weighted by Gasteiger charge is 2.11. The van der Waals surface area contributed by atoms with Crippen molar-refractivity contribution >= 4 is 6.29 Å². The largest absolute Gasteiger partial charge is 0.298 e. The molecule has 0 fully saturated rings. The van der Waals surface area contributed by atoms with Gasteiger partial charge in [-0.25, -0.2) is 4.57 Å². The molecule has 0 aliphatic rings. The topological polar surface area (TPSA) is 20.9 Å². The number of benzene rings is 1. The third kappa shape index (κ3) is 1.79. The monoisotopic (exact) mass is 198 g/mol. The van der Waals surface area contributed by atoms with E-state index in [4.69, 9.17) is 0 Å². The van der Waals surface area contributed by atoms with Crippen molar-refractivity contribution in [3.05, 3.63) is 54.2 Å². The number of rotatable bonds is 2. The first-order chi connectivity index (χ1) is 7.33. The van der Waals surface area contributed by atoms with Crippen molar-refractivity contribution in [3.8, 4) is 11.3 Å². The van der Waals surface area contributed by atoms with Gasteiger partial charge in [0.2, 0.25) is 5.69 Å². The van der Waals surface area contributed by atoms with Gasteiger partial charge in [-0.1, -0.05) is 18.2 Å². The average molecular weight is 198 g/mol. The molecule has 1 heterocycles. The molecule has 1 aromatic heterocycles. The van der Waals surface area contributed by atoms with E-state index in [1.165, 1.54) is 0 Å². The molecule has 0 atom stereocenters. The van der Waals surface area contributed by atoms with E-state index in [0.29, 0.717) is 0 Å². The maximum atomic E-state index is 10.9. The molecule has 0 spiro atoms. The molecule has 2 aromatic rings. The van der Waals surface area contributed by atoms with Gasteiger partial charge in [0.15, 0.2) is 12.5 Å². The van der Waals surface area contributed by atoms with E-state index in [2.05, 4.69) is 0 Å². The Balaban J connectivity index is 2.64. The summed E-state index contributed by atoms with van der Waals surface area (Å²) in [5.74, 6) is 0. The Labute approximate surface area is 88.8 Å². The summed E-state index contributed by atoms with van der Waals surface area (Å²) in [5.41, 5.74) is 2.73. The smallest absolute Gasteiger partial charge is 0.212 e. The summed E-state index contributed by atoms with van der Waals surface area (Å²) in [6, 6.07) is 13.5. The Morgan fingerprint density at radius 2 is 1.80 bits per heavy atom. The van der Waals surface area contributed by atoms with Crippen LogP contribution in [0.3, 0.4) is 0 Å². The summed E-state index contributed by atoms with van der Waals surface area (Å²) >= 11 is 0. The number of aryl methyl sites for hydroxylation is 1. The first kappa shape index (κ1) is 9.59. The molecule has 0 unspecified atom stereocenters. The molecule has 1 aromatic carbocycles. The van der Waals surface area contributed by atoms with Crippen LogP contribution in [0.1, 0.15) is 10.4 Å². The van der Waals surface area contributed by atoms with Crippen LogP contribution < -0.4 is 4.57 Å². The molecule has 2 nitrogen and oxygen atoms in total. The number of aldehydes is 1. The minimum Gasteiger partial charge on any atom is -0.298 e. The molecule has 0 radical (unpaired) electrons. The van der Waals surface area contributed by atoms with Crippen LogP contribution in [0.5, 0.6) is 0 Å². The molecule has 74 valence electrons. The van der Waals surface area contributed by atoms with Gasteiger partial charge >= 0.3 is 0 Å². The van der Waals surface area contributed by atoms with Crippen LogP contribution in [0.4, 0.5) is 0 Å². The number of pyridine rings is 1. The van der Waals surface area contributed by atoms with Crippen molar-refractivity contribution in [1.82, 2.24) is 0 Å². The van der Waals surface area contributed by atoms with E-state index in [9.17, 15) is 4.79 Å². The zero-order chi connectivity index (χ0) is 10.7. The van der Waals surface area contributed by atoms with Gasteiger partial charge in [0.25, 0.3) is 0 Å². The van der Waals surface area contributed by atoms with Crippen molar-refractivity contribution in [2.45, 2.75) is 0 Å². The second-order valence-corrected chi connectivity index (χ2v) is 3.40. The fourth-order valence-corrected chi connectivity index (χ4v) is 1.64. The predicted octanol–water partition coefficient (Wildman–Crippen LogP) is 1.99. The minimum absolute atomic E-state index is 0.722. The number of hydrogen-bond donors (Lipinski definition) is 0. The second-order valence-electron chi connectivity index (χ2n) is 3.40. The minimum atomic E-state index is 0.722. The molecule has 0 amide bonds. The SMILES string of the molecule is C[n+]1ccccc1-c1ccccc1C=O. The molecule has 0 saturated heterocycles. The number of nitrogens with zero attached hydrogens (tertiary/aromatic N) is 1. The van der Waals surface area contributed by atoms with Crippen molar-refractivity contribution in [2.24, 2.45) is 7.05 Å². The van der Waals surface area contributed by atoms with Gasteiger partial charge in [0, 0.05) is 17.7 Å². The fourth-order valence-electron chi connectivity index (χ4n) is 1.64. The van der Waals surface area contributed by atoms with Crippen LogP contribution in [-0.4, -0.2) is 6.29 Å². The van der Waals surface area contributed by atoms with Crippen LogP contribution in [-0.2, 0) is 7.05 Å². The lowest BCUT2D eigenvalue weighted by atomic mass is 10.0. The highest BCUT2D eigenvalue weighted by Crippen LogP contribution is 2.18. The van der Waals surface area contributed by atoms with Crippen LogP contribution in [0, 0.1) is 0 Å².